The van der Waals surface area contributed by atoms with E-state index in [0.717, 1.165) is 32.5 Å². The van der Waals surface area contributed by atoms with E-state index in [9.17, 15) is 18.0 Å². The average molecular weight is 236 g/mol. The van der Waals surface area contributed by atoms with Gasteiger partial charge in [0.2, 0.25) is 0 Å². The molecule has 92 valence electrons. The Bertz CT molecular complexity index is 280. The van der Waals surface area contributed by atoms with Gasteiger partial charge in [0, 0.05) is 19.1 Å². The average Bonchev–Trinajstić information content (AvgIpc) is 2.21. The zero-order valence-electron chi connectivity index (χ0n) is 8.89. The summed E-state index contributed by atoms with van der Waals surface area (Å²) in [6, 6.07) is -0.300. The highest BCUT2D eigenvalue weighted by Crippen LogP contribution is 2.27. The zero-order valence-corrected chi connectivity index (χ0v) is 8.89. The summed E-state index contributed by atoms with van der Waals surface area (Å²) in [4.78, 5) is 13.1. The maximum atomic E-state index is 12.1. The van der Waals surface area contributed by atoms with Gasteiger partial charge in [-0.25, -0.2) is 0 Å². The smallest absolute Gasteiger partial charge is 0.345 e. The van der Waals surface area contributed by atoms with E-state index >= 15 is 0 Å². The molecule has 0 aromatic rings. The van der Waals surface area contributed by atoms with Crippen molar-refractivity contribution in [2.75, 3.05) is 19.6 Å². The molecule has 0 radical (unpaired) electrons. The molecular weight excluding hydrogens is 221 g/mol. The summed E-state index contributed by atoms with van der Waals surface area (Å²) in [5, 5.41) is 2.12. The van der Waals surface area contributed by atoms with E-state index in [1.807, 2.05) is 0 Å². The van der Waals surface area contributed by atoms with E-state index in [0.29, 0.717) is 6.42 Å². The lowest BCUT2D eigenvalue weighted by Gasteiger charge is -2.42. The topological polar surface area (TPSA) is 32.3 Å². The standard InChI is InChI=1S/C10H15F3N2O/c11-10(12,13)9(16)14-8-3-5-15-4-1-2-7(8)6-15/h7-8H,1-6H2,(H,14,16). The molecule has 3 unspecified atom stereocenters. The lowest BCUT2D eigenvalue weighted by atomic mass is 9.85. The molecule has 6 heteroatoms. The van der Waals surface area contributed by atoms with Gasteiger partial charge in [-0.05, 0) is 31.7 Å². The van der Waals surface area contributed by atoms with Crippen molar-refractivity contribution in [3.05, 3.63) is 0 Å². The number of nitrogens with one attached hydrogen (secondary N) is 1. The van der Waals surface area contributed by atoms with E-state index in [1.54, 1.807) is 0 Å². The summed E-state index contributed by atoms with van der Waals surface area (Å²) in [5.41, 5.74) is 0. The summed E-state index contributed by atoms with van der Waals surface area (Å²) < 4.78 is 36.3. The number of rotatable bonds is 1. The van der Waals surface area contributed by atoms with Gasteiger partial charge < -0.3 is 10.2 Å². The van der Waals surface area contributed by atoms with Crippen molar-refractivity contribution in [2.24, 2.45) is 5.92 Å². The number of fused-ring (bicyclic) bond motifs is 2. The first-order chi connectivity index (χ1) is 7.47. The summed E-state index contributed by atoms with van der Waals surface area (Å²) in [5.74, 6) is -1.61. The normalized spacial score (nSPS) is 34.6. The Morgan fingerprint density at radius 2 is 2.00 bits per heavy atom. The van der Waals surface area contributed by atoms with Crippen molar-refractivity contribution < 1.29 is 18.0 Å². The van der Waals surface area contributed by atoms with Crippen LogP contribution in [-0.4, -0.2) is 42.7 Å². The van der Waals surface area contributed by atoms with Gasteiger partial charge in [0.25, 0.3) is 0 Å². The number of carbonyl (C=O) groups is 1. The number of carbonyl (C=O) groups excluding carboxylic acids is 1. The predicted molar refractivity (Wildman–Crippen MR) is 51.8 cm³/mol. The van der Waals surface area contributed by atoms with Crippen molar-refractivity contribution >= 4 is 5.91 Å². The third kappa shape index (κ3) is 2.48. The molecule has 2 saturated heterocycles. The third-order valence-electron chi connectivity index (χ3n) is 3.44. The molecule has 3 nitrogen and oxygen atoms in total. The van der Waals surface area contributed by atoms with Gasteiger partial charge in [-0.2, -0.15) is 13.2 Å². The van der Waals surface area contributed by atoms with Gasteiger partial charge in [0.1, 0.15) is 0 Å². The van der Waals surface area contributed by atoms with Crippen LogP contribution in [0, 0.1) is 5.92 Å². The summed E-state index contributed by atoms with van der Waals surface area (Å²) in [6.45, 7) is 2.65. The van der Waals surface area contributed by atoms with Crippen LogP contribution < -0.4 is 5.32 Å². The first-order valence-corrected chi connectivity index (χ1v) is 5.57. The Balaban J connectivity index is 1.92. The van der Waals surface area contributed by atoms with Crippen molar-refractivity contribution in [1.29, 1.82) is 0 Å². The lowest BCUT2D eigenvalue weighted by molar-refractivity contribution is -0.175. The fourth-order valence-electron chi connectivity index (χ4n) is 2.62. The Labute approximate surface area is 92.0 Å². The number of amides is 1. The van der Waals surface area contributed by atoms with Crippen molar-refractivity contribution in [3.63, 3.8) is 0 Å². The van der Waals surface area contributed by atoms with E-state index in [1.165, 1.54) is 0 Å². The Kier molecular flexibility index (Phi) is 3.10. The largest absolute Gasteiger partial charge is 0.471 e. The molecule has 2 rings (SSSR count). The molecule has 2 aliphatic heterocycles. The van der Waals surface area contributed by atoms with Crippen molar-refractivity contribution in [2.45, 2.75) is 31.5 Å². The molecule has 0 aliphatic carbocycles. The third-order valence-corrected chi connectivity index (χ3v) is 3.44. The quantitative estimate of drug-likeness (QED) is 0.740. The van der Waals surface area contributed by atoms with Crippen molar-refractivity contribution in [1.82, 2.24) is 10.2 Å². The maximum absolute atomic E-state index is 12.1. The number of nitrogens with zero attached hydrogens (tertiary/aromatic N) is 1. The zero-order chi connectivity index (χ0) is 11.8. The highest BCUT2D eigenvalue weighted by molar-refractivity contribution is 5.81. The molecule has 16 heavy (non-hydrogen) atoms. The summed E-state index contributed by atoms with van der Waals surface area (Å²) >= 11 is 0. The van der Waals surface area contributed by atoms with Gasteiger partial charge >= 0.3 is 12.1 Å². The molecule has 2 heterocycles. The van der Waals surface area contributed by atoms with E-state index in [-0.39, 0.29) is 12.0 Å². The van der Waals surface area contributed by atoms with Gasteiger partial charge in [-0.1, -0.05) is 0 Å². The molecule has 2 aliphatic rings. The molecule has 1 amide bonds. The Morgan fingerprint density at radius 1 is 1.25 bits per heavy atom. The van der Waals surface area contributed by atoms with Crippen LogP contribution in [0.2, 0.25) is 0 Å². The van der Waals surface area contributed by atoms with Gasteiger partial charge in [0.15, 0.2) is 0 Å². The van der Waals surface area contributed by atoms with E-state index in [4.69, 9.17) is 0 Å². The Morgan fingerprint density at radius 3 is 2.69 bits per heavy atom. The minimum absolute atomic E-state index is 0.189. The number of hydrogen-bond donors (Lipinski definition) is 1. The highest BCUT2D eigenvalue weighted by atomic mass is 19.4. The maximum Gasteiger partial charge on any atom is 0.471 e. The summed E-state index contributed by atoms with van der Waals surface area (Å²) in [6.07, 6.45) is -2.19. The molecule has 2 bridgehead atoms. The van der Waals surface area contributed by atoms with Gasteiger partial charge in [0.05, 0.1) is 0 Å². The molecule has 3 atom stereocenters. The summed E-state index contributed by atoms with van der Waals surface area (Å²) in [7, 11) is 0. The van der Waals surface area contributed by atoms with Crippen LogP contribution in [0.3, 0.4) is 0 Å². The number of piperidine rings is 2. The first kappa shape index (κ1) is 11.7. The second-order valence-corrected chi connectivity index (χ2v) is 4.57. The molecule has 2 fully saturated rings. The van der Waals surface area contributed by atoms with Crippen LogP contribution in [0.15, 0.2) is 0 Å². The van der Waals surface area contributed by atoms with Gasteiger partial charge in [-0.3, -0.25) is 4.79 Å². The molecule has 0 spiro atoms. The SMILES string of the molecule is O=C(NC1CCN2CCCC1C2)C(F)(F)F. The predicted octanol–water partition coefficient (Wildman–Crippen LogP) is 1.15. The molecular formula is C10H15F3N2O. The van der Waals surface area contributed by atoms with E-state index < -0.39 is 12.1 Å². The fourth-order valence-corrected chi connectivity index (χ4v) is 2.62. The van der Waals surface area contributed by atoms with E-state index in [2.05, 4.69) is 10.2 Å². The minimum Gasteiger partial charge on any atom is -0.345 e. The fraction of sp³-hybridized carbons (Fsp3) is 0.900. The number of halogens is 3. The monoisotopic (exact) mass is 236 g/mol. The number of hydrogen-bond acceptors (Lipinski definition) is 2. The Hall–Kier alpha value is -0.780. The van der Waals surface area contributed by atoms with Crippen LogP contribution >= 0.6 is 0 Å². The molecule has 0 saturated carbocycles. The minimum atomic E-state index is -4.76. The second-order valence-electron chi connectivity index (χ2n) is 4.57. The van der Waals surface area contributed by atoms with Crippen LogP contribution in [0.25, 0.3) is 0 Å². The van der Waals surface area contributed by atoms with Crippen LogP contribution in [0.4, 0.5) is 13.2 Å². The van der Waals surface area contributed by atoms with Crippen molar-refractivity contribution in [3.8, 4) is 0 Å². The van der Waals surface area contributed by atoms with Gasteiger partial charge in [-0.15, -0.1) is 0 Å². The molecule has 0 aromatic heterocycles. The molecule has 0 aromatic carbocycles. The lowest BCUT2D eigenvalue weighted by Crippen LogP contribution is -2.55. The second kappa shape index (κ2) is 4.24. The van der Waals surface area contributed by atoms with Crippen LogP contribution in [-0.2, 0) is 4.79 Å². The van der Waals surface area contributed by atoms with Crippen LogP contribution in [0.1, 0.15) is 19.3 Å². The van der Waals surface area contributed by atoms with Crippen LogP contribution in [0.5, 0.6) is 0 Å². The first-order valence-electron chi connectivity index (χ1n) is 5.57. The highest BCUT2D eigenvalue weighted by Gasteiger charge is 2.42. The number of alkyl halides is 3. The molecule has 1 N–H and O–H groups in total.